The predicted molar refractivity (Wildman–Crippen MR) is 89.5 cm³/mol. The Hall–Kier alpha value is -2.56. The summed E-state index contributed by atoms with van der Waals surface area (Å²) in [7, 11) is 0. The Bertz CT molecular complexity index is 702. The van der Waals surface area contributed by atoms with Gasteiger partial charge in [0.15, 0.2) is 0 Å². The van der Waals surface area contributed by atoms with Crippen LogP contribution in [0.15, 0.2) is 65.8 Å². The van der Waals surface area contributed by atoms with E-state index in [2.05, 4.69) is 16.7 Å². The molecule has 1 aromatic heterocycles. The van der Waals surface area contributed by atoms with Crippen molar-refractivity contribution in [2.45, 2.75) is 32.7 Å². The standard InChI is InChI=1S/C18H20FN3O/c1-5-8-14(15(19)6-2)17(23)22-18(3,4)11-16(21-22)13-9-7-10-20-12-13/h5-10,12H,1,11H2,2-4H3/b14-8+,15-6+. The fourth-order valence-electron chi connectivity index (χ4n) is 2.43. The Kier molecular flexibility index (Phi) is 4.89. The molecule has 0 atom stereocenters. The molecule has 0 aliphatic carbocycles. The zero-order chi connectivity index (χ0) is 17.0. The van der Waals surface area contributed by atoms with Crippen LogP contribution in [0.2, 0.25) is 0 Å². The number of nitrogens with zero attached hydrogens (tertiary/aromatic N) is 3. The maximum atomic E-state index is 14.0. The minimum Gasteiger partial charge on any atom is -0.267 e. The number of rotatable bonds is 4. The summed E-state index contributed by atoms with van der Waals surface area (Å²) in [6.45, 7) is 8.88. The highest BCUT2D eigenvalue weighted by molar-refractivity contribution is 6.06. The van der Waals surface area contributed by atoms with E-state index in [0.29, 0.717) is 6.42 Å². The van der Waals surface area contributed by atoms with Crippen molar-refractivity contribution in [3.05, 3.63) is 66.3 Å². The first kappa shape index (κ1) is 16.8. The molecule has 2 heterocycles. The van der Waals surface area contributed by atoms with Gasteiger partial charge in [-0.25, -0.2) is 9.40 Å². The van der Waals surface area contributed by atoms with Gasteiger partial charge in [-0.15, -0.1) is 0 Å². The van der Waals surface area contributed by atoms with E-state index < -0.39 is 17.3 Å². The number of allylic oxidation sites excluding steroid dienone is 3. The molecule has 0 bridgehead atoms. The number of hydrogen-bond donors (Lipinski definition) is 0. The number of aromatic nitrogens is 1. The molecule has 0 radical (unpaired) electrons. The second kappa shape index (κ2) is 6.69. The van der Waals surface area contributed by atoms with E-state index in [4.69, 9.17) is 0 Å². The SMILES string of the molecule is C=C/C=C(C(=O)N1N=C(c2cccnc2)CC1(C)C)\C(F)=C/C. The van der Waals surface area contributed by atoms with Gasteiger partial charge in [0.1, 0.15) is 5.83 Å². The topological polar surface area (TPSA) is 45.6 Å². The van der Waals surface area contributed by atoms with Crippen molar-refractivity contribution in [1.29, 1.82) is 0 Å². The van der Waals surface area contributed by atoms with Crippen LogP contribution < -0.4 is 0 Å². The smallest absolute Gasteiger partial charge is 0.267 e. The van der Waals surface area contributed by atoms with E-state index in [1.807, 2.05) is 26.0 Å². The largest absolute Gasteiger partial charge is 0.277 e. The number of hydrogen-bond acceptors (Lipinski definition) is 3. The first-order chi connectivity index (χ1) is 10.9. The molecule has 1 aromatic rings. The predicted octanol–water partition coefficient (Wildman–Crippen LogP) is 3.78. The Morgan fingerprint density at radius 3 is 2.78 bits per heavy atom. The number of carbonyl (C=O) groups excluding carboxylic acids is 1. The number of halogens is 1. The quantitative estimate of drug-likeness (QED) is 0.627. The lowest BCUT2D eigenvalue weighted by Gasteiger charge is -2.29. The van der Waals surface area contributed by atoms with Gasteiger partial charge in [0.25, 0.3) is 5.91 Å². The minimum atomic E-state index is -0.587. The maximum Gasteiger partial charge on any atom is 0.277 e. The molecule has 1 aliphatic heterocycles. The molecule has 0 spiro atoms. The van der Waals surface area contributed by atoms with Gasteiger partial charge in [-0.1, -0.05) is 24.8 Å². The Morgan fingerprint density at radius 1 is 1.48 bits per heavy atom. The third-order valence-electron chi connectivity index (χ3n) is 3.61. The van der Waals surface area contributed by atoms with Crippen LogP contribution in [0.3, 0.4) is 0 Å². The average molecular weight is 313 g/mol. The van der Waals surface area contributed by atoms with E-state index >= 15 is 0 Å². The lowest BCUT2D eigenvalue weighted by molar-refractivity contribution is -0.131. The molecule has 5 heteroatoms. The highest BCUT2D eigenvalue weighted by Gasteiger charge is 2.40. The summed E-state index contributed by atoms with van der Waals surface area (Å²) in [5.41, 5.74) is 1.02. The summed E-state index contributed by atoms with van der Waals surface area (Å²) in [5, 5.41) is 5.76. The summed E-state index contributed by atoms with van der Waals surface area (Å²) in [4.78, 5) is 16.8. The van der Waals surface area contributed by atoms with Gasteiger partial charge in [0.2, 0.25) is 0 Å². The first-order valence-corrected chi connectivity index (χ1v) is 7.38. The van der Waals surface area contributed by atoms with Crippen molar-refractivity contribution in [2.75, 3.05) is 0 Å². The van der Waals surface area contributed by atoms with E-state index in [1.54, 1.807) is 19.3 Å². The van der Waals surface area contributed by atoms with Crippen LogP contribution in [0, 0.1) is 0 Å². The number of amides is 1. The van der Waals surface area contributed by atoms with Gasteiger partial charge >= 0.3 is 0 Å². The van der Waals surface area contributed by atoms with E-state index in [9.17, 15) is 9.18 Å². The third-order valence-corrected chi connectivity index (χ3v) is 3.61. The lowest BCUT2D eigenvalue weighted by Crippen LogP contribution is -2.41. The summed E-state index contributed by atoms with van der Waals surface area (Å²) in [5.74, 6) is -1.07. The first-order valence-electron chi connectivity index (χ1n) is 7.38. The van der Waals surface area contributed by atoms with Gasteiger partial charge in [-0.2, -0.15) is 5.10 Å². The number of carbonyl (C=O) groups is 1. The van der Waals surface area contributed by atoms with Crippen molar-refractivity contribution in [2.24, 2.45) is 5.10 Å². The Morgan fingerprint density at radius 2 is 2.22 bits per heavy atom. The molecule has 0 saturated carbocycles. The third kappa shape index (κ3) is 3.44. The van der Waals surface area contributed by atoms with Gasteiger partial charge in [0.05, 0.1) is 16.8 Å². The van der Waals surface area contributed by atoms with Crippen molar-refractivity contribution in [3.8, 4) is 0 Å². The lowest BCUT2D eigenvalue weighted by atomic mass is 9.95. The number of pyridine rings is 1. The van der Waals surface area contributed by atoms with E-state index in [1.165, 1.54) is 23.2 Å². The van der Waals surface area contributed by atoms with E-state index in [-0.39, 0.29) is 5.57 Å². The molecule has 0 unspecified atom stereocenters. The minimum absolute atomic E-state index is 0.0493. The Balaban J connectivity index is 2.40. The molecule has 2 rings (SSSR count). The molecule has 0 N–H and O–H groups in total. The summed E-state index contributed by atoms with van der Waals surface area (Å²) in [6, 6.07) is 3.71. The molecule has 23 heavy (non-hydrogen) atoms. The molecule has 0 aromatic carbocycles. The van der Waals surface area contributed by atoms with Crippen molar-refractivity contribution < 1.29 is 9.18 Å². The van der Waals surface area contributed by atoms with Gasteiger partial charge < -0.3 is 0 Å². The van der Waals surface area contributed by atoms with Crippen molar-refractivity contribution in [1.82, 2.24) is 9.99 Å². The van der Waals surface area contributed by atoms with Crippen LogP contribution in [0.25, 0.3) is 0 Å². The fourth-order valence-corrected chi connectivity index (χ4v) is 2.43. The summed E-state index contributed by atoms with van der Waals surface area (Å²) < 4.78 is 14.0. The zero-order valence-electron chi connectivity index (χ0n) is 13.6. The number of hydrazone groups is 1. The molecular weight excluding hydrogens is 293 g/mol. The van der Waals surface area contributed by atoms with Gasteiger partial charge in [-0.3, -0.25) is 9.78 Å². The summed E-state index contributed by atoms with van der Waals surface area (Å²) >= 11 is 0. The highest BCUT2D eigenvalue weighted by atomic mass is 19.1. The second-order valence-electron chi connectivity index (χ2n) is 5.85. The molecule has 4 nitrogen and oxygen atoms in total. The van der Waals surface area contributed by atoms with Crippen LogP contribution >= 0.6 is 0 Å². The zero-order valence-corrected chi connectivity index (χ0v) is 13.6. The Labute approximate surface area is 135 Å². The summed E-state index contributed by atoms with van der Waals surface area (Å²) in [6.07, 6.45) is 7.97. The van der Waals surface area contributed by atoms with E-state index in [0.717, 1.165) is 11.3 Å². The molecule has 0 saturated heterocycles. The van der Waals surface area contributed by atoms with Crippen LogP contribution in [0.5, 0.6) is 0 Å². The van der Waals surface area contributed by atoms with Crippen LogP contribution in [-0.2, 0) is 4.79 Å². The molecule has 0 fully saturated rings. The van der Waals surface area contributed by atoms with Gasteiger partial charge in [0, 0.05) is 24.4 Å². The molecule has 1 amide bonds. The van der Waals surface area contributed by atoms with Crippen molar-refractivity contribution >= 4 is 11.6 Å². The second-order valence-corrected chi connectivity index (χ2v) is 5.85. The average Bonchev–Trinajstić information content (AvgIpc) is 2.87. The monoisotopic (exact) mass is 313 g/mol. The van der Waals surface area contributed by atoms with Crippen LogP contribution in [0.4, 0.5) is 4.39 Å². The fraction of sp³-hybridized carbons (Fsp3) is 0.278. The van der Waals surface area contributed by atoms with Gasteiger partial charge in [-0.05, 0) is 32.9 Å². The van der Waals surface area contributed by atoms with Crippen LogP contribution in [0.1, 0.15) is 32.8 Å². The normalized spacial score (nSPS) is 17.9. The molecule has 1 aliphatic rings. The molecule has 120 valence electrons. The van der Waals surface area contributed by atoms with Crippen LogP contribution in [-0.4, -0.2) is 27.2 Å². The maximum absolute atomic E-state index is 14.0. The molecular formula is C18H20FN3O. The highest BCUT2D eigenvalue weighted by Crippen LogP contribution is 2.31. The van der Waals surface area contributed by atoms with Crippen molar-refractivity contribution in [3.63, 3.8) is 0 Å².